The first-order valence-corrected chi connectivity index (χ1v) is 10.2. The predicted molar refractivity (Wildman–Crippen MR) is 108 cm³/mol. The lowest BCUT2D eigenvalue weighted by Gasteiger charge is -2.52. The highest BCUT2D eigenvalue weighted by atomic mass is 15.0. The van der Waals surface area contributed by atoms with Gasteiger partial charge in [-0.05, 0) is 87.0 Å². The lowest BCUT2D eigenvalue weighted by molar-refractivity contribution is 0.181. The van der Waals surface area contributed by atoms with Gasteiger partial charge in [-0.1, -0.05) is 38.2 Å². The SMILES string of the molecule is C=CC1=C(C=CC)C2=C(C(CCC)C1)C1(CCC(C)(N)CC1)NCC2. The van der Waals surface area contributed by atoms with Crippen molar-refractivity contribution in [1.29, 1.82) is 0 Å². The molecule has 0 aromatic carbocycles. The zero-order chi connectivity index (χ0) is 18.1. The van der Waals surface area contributed by atoms with Gasteiger partial charge in [-0.3, -0.25) is 0 Å². The smallest absolute Gasteiger partial charge is 0.0404 e. The topological polar surface area (TPSA) is 38.0 Å². The van der Waals surface area contributed by atoms with Crippen LogP contribution in [-0.2, 0) is 0 Å². The molecule has 1 saturated carbocycles. The summed E-state index contributed by atoms with van der Waals surface area (Å²) in [6, 6.07) is 0. The summed E-state index contributed by atoms with van der Waals surface area (Å²) in [5.41, 5.74) is 12.9. The summed E-state index contributed by atoms with van der Waals surface area (Å²) in [6.07, 6.45) is 16.1. The molecule has 1 heterocycles. The first-order valence-electron chi connectivity index (χ1n) is 10.2. The Hall–Kier alpha value is -1.12. The van der Waals surface area contributed by atoms with Gasteiger partial charge in [0.1, 0.15) is 0 Å². The van der Waals surface area contributed by atoms with E-state index in [-0.39, 0.29) is 11.1 Å². The van der Waals surface area contributed by atoms with Gasteiger partial charge >= 0.3 is 0 Å². The van der Waals surface area contributed by atoms with Gasteiger partial charge in [-0.15, -0.1) is 0 Å². The van der Waals surface area contributed by atoms with Crippen LogP contribution in [0.25, 0.3) is 0 Å². The summed E-state index contributed by atoms with van der Waals surface area (Å²) in [4.78, 5) is 0. The maximum absolute atomic E-state index is 6.47. The van der Waals surface area contributed by atoms with Crippen LogP contribution in [0, 0.1) is 5.92 Å². The molecule has 0 radical (unpaired) electrons. The molecule has 1 aliphatic heterocycles. The number of nitrogens with one attached hydrogen (secondary N) is 1. The molecule has 0 amide bonds. The van der Waals surface area contributed by atoms with Gasteiger partial charge in [0.05, 0.1) is 0 Å². The normalized spacial score (nSPS) is 36.2. The molecule has 0 aromatic heterocycles. The van der Waals surface area contributed by atoms with Crippen LogP contribution in [0.1, 0.15) is 72.1 Å². The number of hydrogen-bond donors (Lipinski definition) is 2. The van der Waals surface area contributed by atoms with E-state index in [1.807, 2.05) is 0 Å². The van der Waals surface area contributed by atoms with E-state index in [2.05, 4.69) is 50.9 Å². The zero-order valence-corrected chi connectivity index (χ0v) is 16.5. The molecule has 0 saturated heterocycles. The first-order chi connectivity index (χ1) is 12.0. The summed E-state index contributed by atoms with van der Waals surface area (Å²) in [5, 5.41) is 3.97. The third kappa shape index (κ3) is 3.44. The van der Waals surface area contributed by atoms with Crippen molar-refractivity contribution in [3.8, 4) is 0 Å². The van der Waals surface area contributed by atoms with Crippen molar-refractivity contribution in [2.75, 3.05) is 6.54 Å². The zero-order valence-electron chi connectivity index (χ0n) is 16.5. The molecule has 2 nitrogen and oxygen atoms in total. The quantitative estimate of drug-likeness (QED) is 0.739. The highest BCUT2D eigenvalue weighted by molar-refractivity contribution is 5.56. The molecule has 1 atom stereocenters. The van der Waals surface area contributed by atoms with Gasteiger partial charge in [0.15, 0.2) is 0 Å². The summed E-state index contributed by atoms with van der Waals surface area (Å²) in [5.74, 6) is 0.664. The number of nitrogens with two attached hydrogens (primary N) is 1. The van der Waals surface area contributed by atoms with Crippen LogP contribution in [0.3, 0.4) is 0 Å². The van der Waals surface area contributed by atoms with Crippen molar-refractivity contribution in [3.63, 3.8) is 0 Å². The summed E-state index contributed by atoms with van der Waals surface area (Å²) < 4.78 is 0. The Morgan fingerprint density at radius 1 is 1.28 bits per heavy atom. The summed E-state index contributed by atoms with van der Waals surface area (Å²) in [7, 11) is 0. The molecule has 1 spiro atoms. The third-order valence-corrected chi connectivity index (χ3v) is 6.69. The molecular formula is C23H36N2. The number of hydrogen-bond acceptors (Lipinski definition) is 2. The number of fused-ring (bicyclic) bond motifs is 1. The highest BCUT2D eigenvalue weighted by Gasteiger charge is 2.47. The Morgan fingerprint density at radius 2 is 2.00 bits per heavy atom. The number of rotatable bonds is 4. The molecular weight excluding hydrogens is 304 g/mol. The molecule has 1 fully saturated rings. The minimum absolute atomic E-state index is 0.00822. The molecule has 25 heavy (non-hydrogen) atoms. The average Bonchev–Trinajstić information content (AvgIpc) is 2.60. The standard InChI is InChI=1S/C23H36N2/c1-5-8-18-16-17(7-3)19(9-6-2)20-10-15-25-23(21(18)20)13-11-22(4,24)12-14-23/h6-7,9,18,25H,3,5,8,10-16,24H2,1-2,4H3. The molecule has 0 aromatic rings. The van der Waals surface area contributed by atoms with E-state index in [4.69, 9.17) is 5.73 Å². The lowest BCUT2D eigenvalue weighted by Crippen LogP contribution is -2.58. The molecule has 2 aliphatic carbocycles. The minimum atomic E-state index is 0.00822. The Labute approximate surface area is 154 Å². The van der Waals surface area contributed by atoms with Gasteiger partial charge < -0.3 is 11.1 Å². The Bertz CT molecular complexity index is 608. The van der Waals surface area contributed by atoms with Gasteiger partial charge in [0.25, 0.3) is 0 Å². The third-order valence-electron chi connectivity index (χ3n) is 6.69. The number of allylic oxidation sites excluding steroid dienone is 5. The van der Waals surface area contributed by atoms with Crippen LogP contribution in [0.5, 0.6) is 0 Å². The van der Waals surface area contributed by atoms with Crippen molar-refractivity contribution in [1.82, 2.24) is 5.32 Å². The maximum atomic E-state index is 6.47. The summed E-state index contributed by atoms with van der Waals surface area (Å²) >= 11 is 0. The van der Waals surface area contributed by atoms with Crippen molar-refractivity contribution in [2.45, 2.75) is 83.2 Å². The van der Waals surface area contributed by atoms with Crippen molar-refractivity contribution in [2.24, 2.45) is 11.7 Å². The van der Waals surface area contributed by atoms with Crippen LogP contribution >= 0.6 is 0 Å². The van der Waals surface area contributed by atoms with E-state index in [0.29, 0.717) is 5.92 Å². The fourth-order valence-corrected chi connectivity index (χ4v) is 5.39. The van der Waals surface area contributed by atoms with Crippen LogP contribution < -0.4 is 11.1 Å². The van der Waals surface area contributed by atoms with Crippen molar-refractivity contribution < 1.29 is 0 Å². The molecule has 3 aliphatic rings. The van der Waals surface area contributed by atoms with E-state index in [1.165, 1.54) is 36.8 Å². The van der Waals surface area contributed by atoms with Crippen LogP contribution in [0.2, 0.25) is 0 Å². The second-order valence-corrected chi connectivity index (χ2v) is 8.64. The monoisotopic (exact) mass is 340 g/mol. The summed E-state index contributed by atoms with van der Waals surface area (Å²) in [6.45, 7) is 11.9. The van der Waals surface area contributed by atoms with Crippen LogP contribution in [-0.4, -0.2) is 17.6 Å². The van der Waals surface area contributed by atoms with Crippen molar-refractivity contribution in [3.05, 3.63) is 47.1 Å². The van der Waals surface area contributed by atoms with Gasteiger partial charge in [0.2, 0.25) is 0 Å². The van der Waals surface area contributed by atoms with E-state index < -0.39 is 0 Å². The van der Waals surface area contributed by atoms with E-state index in [1.54, 1.807) is 11.1 Å². The van der Waals surface area contributed by atoms with E-state index in [0.717, 1.165) is 32.2 Å². The van der Waals surface area contributed by atoms with Gasteiger partial charge in [-0.2, -0.15) is 0 Å². The van der Waals surface area contributed by atoms with Crippen molar-refractivity contribution >= 4 is 0 Å². The van der Waals surface area contributed by atoms with Crippen LogP contribution in [0.4, 0.5) is 0 Å². The Balaban J connectivity index is 2.10. The Kier molecular flexibility index (Phi) is 5.41. The fourth-order valence-electron chi connectivity index (χ4n) is 5.39. The molecule has 3 N–H and O–H groups in total. The lowest BCUT2D eigenvalue weighted by atomic mass is 9.60. The molecule has 0 bridgehead atoms. The predicted octanol–water partition coefficient (Wildman–Crippen LogP) is 5.19. The highest BCUT2D eigenvalue weighted by Crippen LogP contribution is 2.50. The van der Waals surface area contributed by atoms with E-state index in [9.17, 15) is 0 Å². The molecule has 2 heteroatoms. The minimum Gasteiger partial charge on any atom is -0.325 e. The molecule has 1 unspecified atom stereocenters. The van der Waals surface area contributed by atoms with Gasteiger partial charge in [-0.25, -0.2) is 0 Å². The average molecular weight is 341 g/mol. The fraction of sp³-hybridized carbons (Fsp3) is 0.652. The maximum Gasteiger partial charge on any atom is 0.0404 e. The van der Waals surface area contributed by atoms with E-state index >= 15 is 0 Å². The second kappa shape index (κ2) is 7.25. The molecule has 138 valence electrons. The first kappa shape index (κ1) is 18.7. The Morgan fingerprint density at radius 3 is 2.60 bits per heavy atom. The largest absolute Gasteiger partial charge is 0.325 e. The van der Waals surface area contributed by atoms with Crippen LogP contribution in [0.15, 0.2) is 47.1 Å². The molecule has 3 rings (SSSR count). The second-order valence-electron chi connectivity index (χ2n) is 8.64. The van der Waals surface area contributed by atoms with Gasteiger partial charge in [0, 0.05) is 17.6 Å².